The van der Waals surface area contributed by atoms with Gasteiger partial charge < -0.3 is 4.74 Å². The van der Waals surface area contributed by atoms with Crippen LogP contribution in [0.3, 0.4) is 0 Å². The van der Waals surface area contributed by atoms with Gasteiger partial charge in [0.05, 0.1) is 5.02 Å². The molecule has 0 radical (unpaired) electrons. The molecule has 0 amide bonds. The average Bonchev–Trinajstić information content (AvgIpc) is 2.33. The molecule has 2 rings (SSSR count). The van der Waals surface area contributed by atoms with Crippen molar-refractivity contribution in [3.05, 3.63) is 59.1 Å². The minimum atomic E-state index is 0.471. The second kappa shape index (κ2) is 5.24. The van der Waals surface area contributed by atoms with Crippen molar-refractivity contribution in [1.29, 1.82) is 0 Å². The van der Waals surface area contributed by atoms with Crippen molar-refractivity contribution < 1.29 is 4.74 Å². The van der Waals surface area contributed by atoms with Crippen LogP contribution in [0.5, 0.6) is 11.5 Å². The molecule has 0 aliphatic carbocycles. The van der Waals surface area contributed by atoms with Crippen LogP contribution in [0.25, 0.3) is 0 Å². The van der Waals surface area contributed by atoms with Crippen molar-refractivity contribution in [3.8, 4) is 11.5 Å². The predicted molar refractivity (Wildman–Crippen MR) is 72.1 cm³/mol. The molecule has 0 unspecified atom stereocenters. The molecule has 0 spiro atoms. The minimum Gasteiger partial charge on any atom is -0.456 e. The number of para-hydroxylation sites is 1. The zero-order valence-electron chi connectivity index (χ0n) is 9.98. The van der Waals surface area contributed by atoms with E-state index in [9.17, 15) is 0 Å². The second-order valence-corrected chi connectivity index (χ2v) is 4.67. The molecule has 88 valence electrons. The van der Waals surface area contributed by atoms with Crippen molar-refractivity contribution in [2.75, 3.05) is 0 Å². The smallest absolute Gasteiger partial charge is 0.146 e. The number of rotatable bonds is 3. The largest absolute Gasteiger partial charge is 0.456 e. The summed E-state index contributed by atoms with van der Waals surface area (Å²) >= 11 is 6.20. The van der Waals surface area contributed by atoms with Crippen molar-refractivity contribution in [3.63, 3.8) is 0 Å². The highest BCUT2D eigenvalue weighted by molar-refractivity contribution is 6.32. The summed E-state index contributed by atoms with van der Waals surface area (Å²) in [6.45, 7) is 4.28. The predicted octanol–water partition coefficient (Wildman–Crippen LogP) is 5.26. The van der Waals surface area contributed by atoms with E-state index in [1.165, 1.54) is 5.56 Å². The summed E-state index contributed by atoms with van der Waals surface area (Å²) in [5, 5.41) is 0.653. The normalized spacial score (nSPS) is 10.6. The van der Waals surface area contributed by atoms with Gasteiger partial charge in [0, 0.05) is 0 Å². The first-order valence-corrected chi connectivity index (χ1v) is 6.07. The van der Waals surface area contributed by atoms with Gasteiger partial charge in [0.25, 0.3) is 0 Å². The van der Waals surface area contributed by atoms with Crippen LogP contribution < -0.4 is 4.74 Å². The first kappa shape index (κ1) is 12.0. The fraction of sp³-hybridized carbons (Fsp3) is 0.200. The van der Waals surface area contributed by atoms with Gasteiger partial charge in [-0.3, -0.25) is 0 Å². The lowest BCUT2D eigenvalue weighted by Crippen LogP contribution is -1.89. The molecular formula is C15H15ClO. The Morgan fingerprint density at radius 3 is 2.29 bits per heavy atom. The van der Waals surface area contributed by atoms with Crippen LogP contribution in [0.1, 0.15) is 25.3 Å². The van der Waals surface area contributed by atoms with Crippen LogP contribution in [0.2, 0.25) is 5.02 Å². The molecule has 0 fully saturated rings. The Morgan fingerprint density at radius 2 is 1.71 bits per heavy atom. The topological polar surface area (TPSA) is 9.23 Å². The summed E-state index contributed by atoms with van der Waals surface area (Å²) in [5.41, 5.74) is 1.22. The SMILES string of the molecule is CC(C)c1ccc(Oc2ccccc2)c(Cl)c1. The van der Waals surface area contributed by atoms with E-state index in [0.29, 0.717) is 16.7 Å². The third-order valence-electron chi connectivity index (χ3n) is 2.59. The molecule has 2 aromatic rings. The molecule has 0 aliphatic rings. The number of ether oxygens (including phenoxy) is 1. The number of hydrogen-bond acceptors (Lipinski definition) is 1. The molecule has 0 bridgehead atoms. The van der Waals surface area contributed by atoms with Gasteiger partial charge in [0.2, 0.25) is 0 Å². The summed E-state index contributed by atoms with van der Waals surface area (Å²) < 4.78 is 5.71. The maximum atomic E-state index is 6.20. The van der Waals surface area contributed by atoms with E-state index in [1.807, 2.05) is 42.5 Å². The Hall–Kier alpha value is -1.47. The highest BCUT2D eigenvalue weighted by Crippen LogP contribution is 2.31. The molecular weight excluding hydrogens is 232 g/mol. The van der Waals surface area contributed by atoms with Crippen LogP contribution in [0, 0.1) is 0 Å². The Bertz CT molecular complexity index is 492. The van der Waals surface area contributed by atoms with Crippen molar-refractivity contribution in [2.24, 2.45) is 0 Å². The zero-order chi connectivity index (χ0) is 12.3. The molecule has 2 aromatic carbocycles. The van der Waals surface area contributed by atoms with E-state index in [4.69, 9.17) is 16.3 Å². The Kier molecular flexibility index (Phi) is 3.70. The van der Waals surface area contributed by atoms with E-state index in [2.05, 4.69) is 19.9 Å². The zero-order valence-corrected chi connectivity index (χ0v) is 10.7. The highest BCUT2D eigenvalue weighted by Gasteiger charge is 2.06. The van der Waals surface area contributed by atoms with E-state index >= 15 is 0 Å². The molecule has 0 N–H and O–H groups in total. The van der Waals surface area contributed by atoms with Gasteiger partial charge in [-0.1, -0.05) is 49.7 Å². The third-order valence-corrected chi connectivity index (χ3v) is 2.89. The minimum absolute atomic E-state index is 0.471. The third kappa shape index (κ3) is 3.01. The molecule has 0 saturated carbocycles. The monoisotopic (exact) mass is 246 g/mol. The van der Waals surface area contributed by atoms with E-state index in [1.54, 1.807) is 0 Å². The van der Waals surface area contributed by atoms with Crippen LogP contribution in [-0.4, -0.2) is 0 Å². The van der Waals surface area contributed by atoms with E-state index < -0.39 is 0 Å². The first-order valence-electron chi connectivity index (χ1n) is 5.69. The fourth-order valence-corrected chi connectivity index (χ4v) is 1.80. The van der Waals surface area contributed by atoms with Gasteiger partial charge in [-0.25, -0.2) is 0 Å². The summed E-state index contributed by atoms with van der Waals surface area (Å²) in [7, 11) is 0. The summed E-state index contributed by atoms with van der Waals surface area (Å²) in [5.74, 6) is 1.97. The van der Waals surface area contributed by atoms with Gasteiger partial charge in [-0.05, 0) is 35.7 Å². The first-order chi connectivity index (χ1) is 8.16. The van der Waals surface area contributed by atoms with Crippen LogP contribution in [-0.2, 0) is 0 Å². The van der Waals surface area contributed by atoms with Gasteiger partial charge in [-0.15, -0.1) is 0 Å². The lowest BCUT2D eigenvalue weighted by atomic mass is 10.0. The van der Waals surface area contributed by atoms with Gasteiger partial charge in [0.1, 0.15) is 11.5 Å². The van der Waals surface area contributed by atoms with Crippen LogP contribution >= 0.6 is 11.6 Å². The molecule has 17 heavy (non-hydrogen) atoms. The van der Waals surface area contributed by atoms with Crippen molar-refractivity contribution in [2.45, 2.75) is 19.8 Å². The Labute approximate surface area is 107 Å². The maximum absolute atomic E-state index is 6.20. The molecule has 0 heterocycles. The average molecular weight is 247 g/mol. The second-order valence-electron chi connectivity index (χ2n) is 4.26. The summed E-state index contributed by atoms with van der Waals surface area (Å²) in [6, 6.07) is 15.6. The number of benzene rings is 2. The van der Waals surface area contributed by atoms with Crippen molar-refractivity contribution >= 4 is 11.6 Å². The molecule has 0 aliphatic heterocycles. The van der Waals surface area contributed by atoms with Gasteiger partial charge in [0.15, 0.2) is 0 Å². The molecule has 0 atom stereocenters. The van der Waals surface area contributed by atoms with Gasteiger partial charge >= 0.3 is 0 Å². The van der Waals surface area contributed by atoms with E-state index in [-0.39, 0.29) is 0 Å². The molecule has 2 heteroatoms. The Morgan fingerprint density at radius 1 is 1.00 bits per heavy atom. The highest BCUT2D eigenvalue weighted by atomic mass is 35.5. The fourth-order valence-electron chi connectivity index (χ4n) is 1.57. The summed E-state index contributed by atoms with van der Waals surface area (Å²) in [4.78, 5) is 0. The molecule has 0 aromatic heterocycles. The van der Waals surface area contributed by atoms with Crippen LogP contribution in [0.4, 0.5) is 0 Å². The lowest BCUT2D eigenvalue weighted by Gasteiger charge is -2.10. The molecule has 1 nitrogen and oxygen atoms in total. The van der Waals surface area contributed by atoms with Crippen LogP contribution in [0.15, 0.2) is 48.5 Å². The standard InChI is InChI=1S/C15H15ClO/c1-11(2)12-8-9-15(14(16)10-12)17-13-6-4-3-5-7-13/h3-11H,1-2H3. The maximum Gasteiger partial charge on any atom is 0.146 e. The molecule has 0 saturated heterocycles. The van der Waals surface area contributed by atoms with Crippen molar-refractivity contribution in [1.82, 2.24) is 0 Å². The number of halogens is 1. The lowest BCUT2D eigenvalue weighted by molar-refractivity contribution is 0.482. The summed E-state index contributed by atoms with van der Waals surface area (Å²) in [6.07, 6.45) is 0. The Balaban J connectivity index is 2.23. The van der Waals surface area contributed by atoms with Gasteiger partial charge in [-0.2, -0.15) is 0 Å². The van der Waals surface area contributed by atoms with E-state index in [0.717, 1.165) is 5.75 Å². The number of hydrogen-bond donors (Lipinski definition) is 0. The quantitative estimate of drug-likeness (QED) is 0.718.